The molecule has 0 radical (unpaired) electrons. The Kier molecular flexibility index (Phi) is 9.56. The van der Waals surface area contributed by atoms with Gasteiger partial charge in [-0.1, -0.05) is 36.4 Å². The van der Waals surface area contributed by atoms with E-state index in [2.05, 4.69) is 46.0 Å². The van der Waals surface area contributed by atoms with Crippen molar-refractivity contribution in [2.24, 2.45) is 0 Å². The SMILES string of the molecule is C=CC[CH-][N+](=C)[C@H](C)c1ccccc1.[Zn+][Br]. The summed E-state index contributed by atoms with van der Waals surface area (Å²) in [6.45, 7) is 11.8. The molecule has 3 heteroatoms. The van der Waals surface area contributed by atoms with Crippen LogP contribution < -0.4 is 0 Å². The summed E-state index contributed by atoms with van der Waals surface area (Å²) in [6, 6.07) is 10.7. The first-order valence-corrected chi connectivity index (χ1v) is 12.1. The molecule has 0 fully saturated rings. The maximum atomic E-state index is 3.98. The Labute approximate surface area is 115 Å². The Balaban J connectivity index is 0.00000106. The van der Waals surface area contributed by atoms with Crippen molar-refractivity contribution in [3.05, 3.63) is 55.1 Å². The molecule has 0 aliphatic carbocycles. The molecule has 1 aromatic carbocycles. The fraction of sp³-hybridized carbons (Fsp3) is 0.231. The van der Waals surface area contributed by atoms with Crippen LogP contribution in [0, 0.1) is 6.54 Å². The molecule has 16 heavy (non-hydrogen) atoms. The monoisotopic (exact) mass is 330 g/mol. The molecule has 1 rings (SSSR count). The van der Waals surface area contributed by atoms with E-state index >= 15 is 0 Å². The molecule has 0 unspecified atom stereocenters. The van der Waals surface area contributed by atoms with Gasteiger partial charge in [-0.25, -0.2) is 0 Å². The maximum absolute atomic E-state index is 3.98. The summed E-state index contributed by atoms with van der Waals surface area (Å²) in [6.07, 6.45) is 2.73. The van der Waals surface area contributed by atoms with E-state index in [1.165, 1.54) is 21.9 Å². The molecule has 1 aromatic rings. The van der Waals surface area contributed by atoms with Crippen molar-refractivity contribution >= 4 is 20.3 Å². The van der Waals surface area contributed by atoms with Crippen molar-refractivity contribution in [2.45, 2.75) is 19.4 Å². The van der Waals surface area contributed by atoms with E-state index in [-0.39, 0.29) is 0 Å². The first-order chi connectivity index (χ1) is 7.75. The van der Waals surface area contributed by atoms with Gasteiger partial charge in [0.05, 0.1) is 0 Å². The van der Waals surface area contributed by atoms with Gasteiger partial charge in [0.25, 0.3) is 0 Å². The van der Waals surface area contributed by atoms with Crippen molar-refractivity contribution in [2.75, 3.05) is 0 Å². The number of rotatable bonds is 5. The van der Waals surface area contributed by atoms with Crippen LogP contribution in [0.25, 0.3) is 0 Å². The van der Waals surface area contributed by atoms with Gasteiger partial charge in [-0.3, -0.25) is 0 Å². The number of benzene rings is 1. The normalized spacial score (nSPS) is 10.8. The Morgan fingerprint density at radius 1 is 1.44 bits per heavy atom. The van der Waals surface area contributed by atoms with Gasteiger partial charge in [-0.15, -0.1) is 6.58 Å². The summed E-state index contributed by atoms with van der Waals surface area (Å²) in [5.74, 6) is 0. The molecule has 0 heterocycles. The molecule has 82 valence electrons. The van der Waals surface area contributed by atoms with Gasteiger partial charge in [0.2, 0.25) is 0 Å². The third-order valence-corrected chi connectivity index (χ3v) is 2.29. The molecule has 0 spiro atoms. The third-order valence-electron chi connectivity index (χ3n) is 2.29. The molecule has 0 saturated carbocycles. The fourth-order valence-electron chi connectivity index (χ4n) is 1.29. The van der Waals surface area contributed by atoms with Crippen LogP contribution in [0.5, 0.6) is 0 Å². The van der Waals surface area contributed by atoms with Crippen molar-refractivity contribution < 1.29 is 20.9 Å². The first kappa shape index (κ1) is 15.6. The van der Waals surface area contributed by atoms with Crippen LogP contribution >= 0.6 is 13.6 Å². The van der Waals surface area contributed by atoms with Gasteiger partial charge in [-0.2, -0.15) is 0 Å². The van der Waals surface area contributed by atoms with Crippen LogP contribution in [-0.4, -0.2) is 11.3 Å². The van der Waals surface area contributed by atoms with Crippen LogP contribution in [0.4, 0.5) is 0 Å². The summed E-state index contributed by atoms with van der Waals surface area (Å²) in [4.78, 5) is 0. The Morgan fingerprint density at radius 2 is 2.00 bits per heavy atom. The first-order valence-electron chi connectivity index (χ1n) is 5.10. The van der Waals surface area contributed by atoms with Gasteiger partial charge >= 0.3 is 30.0 Å². The van der Waals surface area contributed by atoms with E-state index in [4.69, 9.17) is 0 Å². The van der Waals surface area contributed by atoms with Gasteiger partial charge in [-0.05, 0) is 20.1 Å². The molecule has 1 atom stereocenters. The van der Waals surface area contributed by atoms with E-state index in [1.807, 2.05) is 35.4 Å². The van der Waals surface area contributed by atoms with Crippen LogP contribution in [0.3, 0.4) is 0 Å². The minimum absolute atomic E-state index is 0.316. The zero-order valence-electron chi connectivity index (χ0n) is 9.77. The van der Waals surface area contributed by atoms with Gasteiger partial charge in [0.1, 0.15) is 6.04 Å². The Morgan fingerprint density at radius 3 is 2.50 bits per heavy atom. The number of hydrogen-bond acceptors (Lipinski definition) is 0. The van der Waals surface area contributed by atoms with Crippen LogP contribution in [0.2, 0.25) is 0 Å². The standard InChI is InChI=1S/C13H17N.BrH.Zn/c1-4-5-11-14(3)12(2)13-9-7-6-8-10-13;;/h4,6-12H,1,3,5H2,2H3;1H;/q;;+2/p-1/t12-;;/m1../s1. The van der Waals surface area contributed by atoms with Crippen LogP contribution in [0.1, 0.15) is 24.9 Å². The summed E-state index contributed by atoms with van der Waals surface area (Å²) >= 11 is 4.25. The predicted octanol–water partition coefficient (Wildman–Crippen LogP) is 4.04. The topological polar surface area (TPSA) is 3.01 Å². The van der Waals surface area contributed by atoms with Crippen molar-refractivity contribution in [3.63, 3.8) is 0 Å². The summed E-state index contributed by atoms with van der Waals surface area (Å²) in [5.41, 5.74) is 1.28. The number of hydrogen-bond donors (Lipinski definition) is 0. The quantitative estimate of drug-likeness (QED) is 0.252. The Hall–Kier alpha value is -0.397. The average Bonchev–Trinajstić information content (AvgIpc) is 2.38. The number of nitrogens with zero attached hydrogens (tertiary/aromatic N) is 1. The molecule has 0 aliphatic heterocycles. The van der Waals surface area contributed by atoms with E-state index in [0.717, 1.165) is 6.42 Å². The van der Waals surface area contributed by atoms with E-state index in [1.54, 1.807) is 0 Å². The molecular weight excluding hydrogens is 315 g/mol. The zero-order chi connectivity index (χ0) is 12.4. The van der Waals surface area contributed by atoms with E-state index < -0.39 is 0 Å². The molecule has 0 saturated heterocycles. The van der Waals surface area contributed by atoms with E-state index in [9.17, 15) is 0 Å². The molecule has 0 aliphatic rings. The third kappa shape index (κ3) is 5.62. The second-order valence-electron chi connectivity index (χ2n) is 3.31. The molecule has 0 N–H and O–H groups in total. The summed E-state index contributed by atoms with van der Waals surface area (Å²) in [7, 11) is 0. The molecule has 0 amide bonds. The zero-order valence-corrected chi connectivity index (χ0v) is 14.3. The second kappa shape index (κ2) is 9.80. The van der Waals surface area contributed by atoms with Gasteiger partial charge in [0.15, 0.2) is 0 Å². The number of halogens is 1. The minimum atomic E-state index is 0.316. The Bertz CT molecular complexity index is 311. The summed E-state index contributed by atoms with van der Waals surface area (Å²) in [5, 5.41) is 0. The molecule has 0 aromatic heterocycles. The van der Waals surface area contributed by atoms with Crippen LogP contribution in [-0.2, 0) is 16.3 Å². The summed E-state index contributed by atoms with van der Waals surface area (Å²) < 4.78 is 1.97. The van der Waals surface area contributed by atoms with E-state index in [0.29, 0.717) is 6.04 Å². The average molecular weight is 333 g/mol. The molecule has 1 nitrogen and oxygen atoms in total. The van der Waals surface area contributed by atoms with Gasteiger partial charge in [0, 0.05) is 12.1 Å². The van der Waals surface area contributed by atoms with Crippen molar-refractivity contribution in [1.29, 1.82) is 0 Å². The molecular formula is C13H17BrNZn+. The van der Waals surface area contributed by atoms with Gasteiger partial charge < -0.3 is 4.58 Å². The second-order valence-corrected chi connectivity index (χ2v) is 3.31. The fourth-order valence-corrected chi connectivity index (χ4v) is 1.29. The van der Waals surface area contributed by atoms with Crippen LogP contribution in [0.15, 0.2) is 43.0 Å². The predicted molar refractivity (Wildman–Crippen MR) is 70.3 cm³/mol. The van der Waals surface area contributed by atoms with Crippen molar-refractivity contribution in [3.8, 4) is 0 Å². The molecule has 0 bridgehead atoms. The van der Waals surface area contributed by atoms with Crippen molar-refractivity contribution in [1.82, 2.24) is 0 Å².